The van der Waals surface area contributed by atoms with E-state index < -0.39 is 12.1 Å². The molecule has 1 heterocycles. The lowest BCUT2D eigenvalue weighted by Gasteiger charge is -2.26. The van der Waals surface area contributed by atoms with Crippen LogP contribution in [0.3, 0.4) is 0 Å². The van der Waals surface area contributed by atoms with E-state index >= 15 is 0 Å². The Morgan fingerprint density at radius 3 is 2.81 bits per heavy atom. The quantitative estimate of drug-likeness (QED) is 0.657. The van der Waals surface area contributed by atoms with Crippen LogP contribution >= 0.6 is 0 Å². The minimum Gasteiger partial charge on any atom is -0.460 e. The monoisotopic (exact) mass is 288 g/mol. The second-order valence-electron chi connectivity index (χ2n) is 5.00. The molecule has 0 spiro atoms. The predicted octanol–water partition coefficient (Wildman–Crippen LogP) is 1.41. The number of nitrogens with two attached hydrogens (primary N) is 1. The van der Waals surface area contributed by atoms with Gasteiger partial charge in [0, 0.05) is 6.54 Å². The molecule has 5 nitrogen and oxygen atoms in total. The lowest BCUT2D eigenvalue weighted by Crippen LogP contribution is -2.45. The number of rotatable bonds is 5. The van der Waals surface area contributed by atoms with Crippen molar-refractivity contribution in [2.24, 2.45) is 5.73 Å². The van der Waals surface area contributed by atoms with E-state index in [-0.39, 0.29) is 18.5 Å². The third-order valence-corrected chi connectivity index (χ3v) is 3.58. The smallest absolute Gasteiger partial charge is 0.329 e. The van der Waals surface area contributed by atoms with Gasteiger partial charge in [-0.05, 0) is 18.4 Å². The van der Waals surface area contributed by atoms with Crippen LogP contribution < -0.4 is 5.73 Å². The van der Waals surface area contributed by atoms with Crippen LogP contribution in [-0.2, 0) is 14.3 Å². The van der Waals surface area contributed by atoms with E-state index in [1.165, 1.54) is 11.0 Å². The minimum absolute atomic E-state index is 0.155. The first-order chi connectivity index (χ1) is 10.1. The van der Waals surface area contributed by atoms with Crippen molar-refractivity contribution in [1.82, 2.24) is 4.90 Å². The highest BCUT2D eigenvalue weighted by molar-refractivity contribution is 5.88. The molecule has 0 bridgehead atoms. The van der Waals surface area contributed by atoms with Crippen molar-refractivity contribution < 1.29 is 14.3 Å². The lowest BCUT2D eigenvalue weighted by atomic mass is 10.1. The molecular formula is C16H20N2O3. The second kappa shape index (κ2) is 7.04. The Morgan fingerprint density at radius 1 is 1.43 bits per heavy atom. The lowest BCUT2D eigenvalue weighted by molar-refractivity contribution is -0.152. The Bertz CT molecular complexity index is 516. The number of nitrogens with zero attached hydrogens (tertiary/aromatic N) is 1. The summed E-state index contributed by atoms with van der Waals surface area (Å²) in [7, 11) is 0. The van der Waals surface area contributed by atoms with Crippen LogP contribution in [0.5, 0.6) is 0 Å². The first kappa shape index (κ1) is 15.3. The van der Waals surface area contributed by atoms with E-state index in [2.05, 4.69) is 6.58 Å². The van der Waals surface area contributed by atoms with Gasteiger partial charge < -0.3 is 15.4 Å². The molecule has 0 saturated carbocycles. The van der Waals surface area contributed by atoms with Gasteiger partial charge in [-0.3, -0.25) is 4.79 Å². The molecule has 0 radical (unpaired) electrons. The molecule has 112 valence electrons. The van der Waals surface area contributed by atoms with Crippen LogP contribution in [0, 0.1) is 0 Å². The Balaban J connectivity index is 2.07. The maximum absolute atomic E-state index is 12.5. The highest BCUT2D eigenvalue weighted by Gasteiger charge is 2.37. The van der Waals surface area contributed by atoms with Crippen molar-refractivity contribution in [3.8, 4) is 0 Å². The van der Waals surface area contributed by atoms with Crippen LogP contribution in [-0.4, -0.2) is 36.0 Å². The van der Waals surface area contributed by atoms with Gasteiger partial charge in [0.2, 0.25) is 5.91 Å². The van der Waals surface area contributed by atoms with Crippen LogP contribution in [0.1, 0.15) is 24.4 Å². The fourth-order valence-corrected chi connectivity index (χ4v) is 2.49. The SMILES string of the molecule is C=CCOC(=O)[C@H]1CCCN1C(=O)[C@H](N)c1ccccc1. The standard InChI is InChI=1S/C16H20N2O3/c1-2-11-21-16(20)13-9-6-10-18(13)15(19)14(17)12-7-4-3-5-8-12/h2-5,7-8,13-14H,1,6,9-11,17H2/t13-,14-/m1/s1. The number of hydrogen-bond donors (Lipinski definition) is 1. The van der Waals surface area contributed by atoms with Crippen LogP contribution in [0.25, 0.3) is 0 Å². The summed E-state index contributed by atoms with van der Waals surface area (Å²) in [6.45, 7) is 4.19. The second-order valence-corrected chi connectivity index (χ2v) is 5.00. The average molecular weight is 288 g/mol. The number of hydrogen-bond acceptors (Lipinski definition) is 4. The molecular weight excluding hydrogens is 268 g/mol. The largest absolute Gasteiger partial charge is 0.460 e. The van der Waals surface area contributed by atoms with Crippen molar-refractivity contribution >= 4 is 11.9 Å². The Labute approximate surface area is 124 Å². The molecule has 2 atom stereocenters. The summed E-state index contributed by atoms with van der Waals surface area (Å²) in [5, 5.41) is 0. The Hall–Kier alpha value is -2.14. The van der Waals surface area contributed by atoms with Gasteiger partial charge in [-0.2, -0.15) is 0 Å². The van der Waals surface area contributed by atoms with Crippen LogP contribution in [0.4, 0.5) is 0 Å². The van der Waals surface area contributed by atoms with Gasteiger partial charge in [0.1, 0.15) is 18.7 Å². The van der Waals surface area contributed by atoms with Crippen molar-refractivity contribution in [2.45, 2.75) is 24.9 Å². The van der Waals surface area contributed by atoms with E-state index in [0.717, 1.165) is 12.0 Å². The van der Waals surface area contributed by atoms with E-state index in [9.17, 15) is 9.59 Å². The molecule has 1 fully saturated rings. The molecule has 2 rings (SSSR count). The number of benzene rings is 1. The average Bonchev–Trinajstić information content (AvgIpc) is 3.01. The van der Waals surface area contributed by atoms with Gasteiger partial charge >= 0.3 is 5.97 Å². The van der Waals surface area contributed by atoms with Crippen LogP contribution in [0.2, 0.25) is 0 Å². The topological polar surface area (TPSA) is 72.6 Å². The van der Waals surface area contributed by atoms with Crippen molar-refractivity contribution in [1.29, 1.82) is 0 Å². The van der Waals surface area contributed by atoms with E-state index in [1.807, 2.05) is 30.3 Å². The molecule has 5 heteroatoms. The molecule has 1 aliphatic rings. The van der Waals surface area contributed by atoms with Gasteiger partial charge in [0.25, 0.3) is 0 Å². The Morgan fingerprint density at radius 2 is 2.14 bits per heavy atom. The molecule has 21 heavy (non-hydrogen) atoms. The van der Waals surface area contributed by atoms with Crippen molar-refractivity contribution in [3.05, 3.63) is 48.6 Å². The first-order valence-corrected chi connectivity index (χ1v) is 7.03. The summed E-state index contributed by atoms with van der Waals surface area (Å²) in [4.78, 5) is 26.0. The van der Waals surface area contributed by atoms with Gasteiger partial charge in [0.15, 0.2) is 0 Å². The highest BCUT2D eigenvalue weighted by atomic mass is 16.5. The van der Waals surface area contributed by atoms with Gasteiger partial charge in [-0.15, -0.1) is 0 Å². The predicted molar refractivity (Wildman–Crippen MR) is 79.3 cm³/mol. The summed E-state index contributed by atoms with van der Waals surface area (Å²) in [5.41, 5.74) is 6.76. The minimum atomic E-state index is -0.751. The fraction of sp³-hybridized carbons (Fsp3) is 0.375. The summed E-state index contributed by atoms with van der Waals surface area (Å²) in [5.74, 6) is -0.625. The van der Waals surface area contributed by atoms with Crippen molar-refractivity contribution in [2.75, 3.05) is 13.2 Å². The number of amides is 1. The molecule has 1 aromatic rings. The zero-order chi connectivity index (χ0) is 15.2. The summed E-state index contributed by atoms with van der Waals surface area (Å²) >= 11 is 0. The first-order valence-electron chi connectivity index (χ1n) is 7.03. The summed E-state index contributed by atoms with van der Waals surface area (Å²) in [6.07, 6.45) is 2.90. The van der Waals surface area contributed by atoms with E-state index in [0.29, 0.717) is 13.0 Å². The maximum Gasteiger partial charge on any atom is 0.329 e. The molecule has 1 aromatic carbocycles. The van der Waals surface area contributed by atoms with Gasteiger partial charge in [-0.25, -0.2) is 4.79 Å². The van der Waals surface area contributed by atoms with E-state index in [4.69, 9.17) is 10.5 Å². The molecule has 1 amide bonds. The number of likely N-dealkylation sites (tertiary alicyclic amines) is 1. The number of carbonyl (C=O) groups is 2. The fourth-order valence-electron chi connectivity index (χ4n) is 2.49. The van der Waals surface area contributed by atoms with Crippen molar-refractivity contribution in [3.63, 3.8) is 0 Å². The maximum atomic E-state index is 12.5. The molecule has 0 unspecified atom stereocenters. The number of carbonyl (C=O) groups excluding carboxylic acids is 2. The Kier molecular flexibility index (Phi) is 5.11. The highest BCUT2D eigenvalue weighted by Crippen LogP contribution is 2.23. The normalized spacial score (nSPS) is 19.1. The third-order valence-electron chi connectivity index (χ3n) is 3.58. The molecule has 1 aliphatic heterocycles. The number of ether oxygens (including phenoxy) is 1. The molecule has 0 aliphatic carbocycles. The van der Waals surface area contributed by atoms with Crippen LogP contribution in [0.15, 0.2) is 43.0 Å². The zero-order valence-corrected chi connectivity index (χ0v) is 11.9. The number of esters is 1. The molecule has 0 aromatic heterocycles. The van der Waals surface area contributed by atoms with E-state index in [1.54, 1.807) is 0 Å². The van der Waals surface area contributed by atoms with Gasteiger partial charge in [-0.1, -0.05) is 43.0 Å². The third kappa shape index (κ3) is 3.49. The zero-order valence-electron chi connectivity index (χ0n) is 11.9. The summed E-state index contributed by atoms with van der Waals surface area (Å²) < 4.78 is 5.05. The molecule has 2 N–H and O–H groups in total. The van der Waals surface area contributed by atoms with Gasteiger partial charge in [0.05, 0.1) is 0 Å². The molecule has 1 saturated heterocycles. The summed E-state index contributed by atoms with van der Waals surface area (Å²) in [6, 6.07) is 7.87.